The van der Waals surface area contributed by atoms with E-state index in [9.17, 15) is 14.9 Å². The number of nitro groups is 1. The SMILES string of the molecule is CCc1nc(-c2ccc[nH]c2=O)c2cc([N+](=O)[O-])ccc2n1. The Morgan fingerprint density at radius 1 is 1.27 bits per heavy atom. The number of fused-ring (bicyclic) bond motifs is 1. The van der Waals surface area contributed by atoms with E-state index in [0.29, 0.717) is 34.4 Å². The number of benzene rings is 1. The van der Waals surface area contributed by atoms with Crippen molar-refractivity contribution in [3.05, 3.63) is 62.8 Å². The maximum absolute atomic E-state index is 12.0. The van der Waals surface area contributed by atoms with Gasteiger partial charge in [0.15, 0.2) is 0 Å². The number of aromatic nitrogens is 3. The molecule has 1 aromatic carbocycles. The van der Waals surface area contributed by atoms with Gasteiger partial charge < -0.3 is 4.98 Å². The summed E-state index contributed by atoms with van der Waals surface area (Å²) in [6.45, 7) is 1.91. The van der Waals surface area contributed by atoms with Crippen molar-refractivity contribution in [2.45, 2.75) is 13.3 Å². The summed E-state index contributed by atoms with van der Waals surface area (Å²) in [5.41, 5.74) is 0.998. The van der Waals surface area contributed by atoms with Crippen LogP contribution in [-0.4, -0.2) is 19.9 Å². The largest absolute Gasteiger partial charge is 0.329 e. The molecule has 7 heteroatoms. The zero-order valence-corrected chi connectivity index (χ0v) is 11.7. The maximum Gasteiger partial charge on any atom is 0.270 e. The monoisotopic (exact) mass is 296 g/mol. The molecule has 0 aliphatic rings. The molecule has 0 saturated carbocycles. The molecule has 0 saturated heterocycles. The molecule has 0 amide bonds. The zero-order valence-electron chi connectivity index (χ0n) is 11.7. The smallest absolute Gasteiger partial charge is 0.270 e. The first-order chi connectivity index (χ1) is 10.6. The number of hydrogen-bond acceptors (Lipinski definition) is 5. The zero-order chi connectivity index (χ0) is 15.7. The molecule has 3 rings (SSSR count). The summed E-state index contributed by atoms with van der Waals surface area (Å²) in [4.78, 5) is 33.9. The number of aryl methyl sites for hydroxylation is 1. The summed E-state index contributed by atoms with van der Waals surface area (Å²) < 4.78 is 0. The summed E-state index contributed by atoms with van der Waals surface area (Å²) in [5.74, 6) is 0.583. The number of nitro benzene ring substituents is 1. The van der Waals surface area contributed by atoms with Crippen LogP contribution in [0.3, 0.4) is 0 Å². The molecular formula is C15H12N4O3. The summed E-state index contributed by atoms with van der Waals surface area (Å²) >= 11 is 0. The highest BCUT2D eigenvalue weighted by atomic mass is 16.6. The molecule has 0 bridgehead atoms. The van der Waals surface area contributed by atoms with E-state index in [1.54, 1.807) is 18.2 Å². The first-order valence-corrected chi connectivity index (χ1v) is 6.73. The van der Waals surface area contributed by atoms with E-state index in [2.05, 4.69) is 15.0 Å². The number of hydrogen-bond donors (Lipinski definition) is 1. The van der Waals surface area contributed by atoms with Gasteiger partial charge in [0.25, 0.3) is 11.2 Å². The van der Waals surface area contributed by atoms with E-state index in [1.165, 1.54) is 18.3 Å². The van der Waals surface area contributed by atoms with Crippen molar-refractivity contribution >= 4 is 16.6 Å². The quantitative estimate of drug-likeness (QED) is 0.591. The van der Waals surface area contributed by atoms with Crippen molar-refractivity contribution in [3.63, 3.8) is 0 Å². The van der Waals surface area contributed by atoms with Gasteiger partial charge in [-0.2, -0.15) is 0 Å². The molecule has 0 radical (unpaired) electrons. The third-order valence-electron chi connectivity index (χ3n) is 3.33. The number of pyridine rings is 1. The summed E-state index contributed by atoms with van der Waals surface area (Å²) in [6.07, 6.45) is 2.13. The minimum absolute atomic E-state index is 0.0611. The minimum atomic E-state index is -0.480. The van der Waals surface area contributed by atoms with Crippen molar-refractivity contribution in [3.8, 4) is 11.3 Å². The molecule has 0 unspecified atom stereocenters. The third-order valence-corrected chi connectivity index (χ3v) is 3.33. The molecule has 0 spiro atoms. The van der Waals surface area contributed by atoms with Crippen LogP contribution in [0.2, 0.25) is 0 Å². The van der Waals surface area contributed by atoms with E-state index >= 15 is 0 Å². The van der Waals surface area contributed by atoms with E-state index in [-0.39, 0.29) is 11.2 Å². The molecule has 7 nitrogen and oxygen atoms in total. The minimum Gasteiger partial charge on any atom is -0.329 e. The second kappa shape index (κ2) is 5.36. The number of H-pyrrole nitrogens is 1. The van der Waals surface area contributed by atoms with Gasteiger partial charge in [-0.05, 0) is 18.2 Å². The van der Waals surface area contributed by atoms with E-state index in [1.807, 2.05) is 6.92 Å². The molecule has 3 aromatic rings. The summed E-state index contributed by atoms with van der Waals surface area (Å²) in [6, 6.07) is 7.70. The lowest BCUT2D eigenvalue weighted by Crippen LogP contribution is -2.09. The summed E-state index contributed by atoms with van der Waals surface area (Å²) in [7, 11) is 0. The van der Waals surface area contributed by atoms with E-state index < -0.39 is 4.92 Å². The van der Waals surface area contributed by atoms with Crippen molar-refractivity contribution in [1.82, 2.24) is 15.0 Å². The van der Waals surface area contributed by atoms with Crippen LogP contribution in [0.15, 0.2) is 41.3 Å². The molecule has 22 heavy (non-hydrogen) atoms. The lowest BCUT2D eigenvalue weighted by molar-refractivity contribution is -0.384. The van der Waals surface area contributed by atoms with E-state index in [0.717, 1.165) is 0 Å². The highest BCUT2D eigenvalue weighted by Crippen LogP contribution is 2.27. The molecule has 2 aromatic heterocycles. The average Bonchev–Trinajstić information content (AvgIpc) is 2.53. The Balaban J connectivity index is 2.40. The highest BCUT2D eigenvalue weighted by Gasteiger charge is 2.15. The Bertz CT molecular complexity index is 933. The number of aromatic amines is 1. The van der Waals surface area contributed by atoms with Gasteiger partial charge in [-0.3, -0.25) is 14.9 Å². The molecule has 0 atom stereocenters. The first-order valence-electron chi connectivity index (χ1n) is 6.73. The van der Waals surface area contributed by atoms with Crippen molar-refractivity contribution in [2.24, 2.45) is 0 Å². The Morgan fingerprint density at radius 2 is 2.09 bits per heavy atom. The Kier molecular flexibility index (Phi) is 3.38. The van der Waals surface area contributed by atoms with Crippen LogP contribution in [0.1, 0.15) is 12.7 Å². The van der Waals surface area contributed by atoms with Crippen LogP contribution in [0.5, 0.6) is 0 Å². The number of non-ortho nitro benzene ring substituents is 1. The van der Waals surface area contributed by atoms with Crippen LogP contribution in [0, 0.1) is 10.1 Å². The normalized spacial score (nSPS) is 10.8. The fourth-order valence-corrected chi connectivity index (χ4v) is 2.25. The van der Waals surface area contributed by atoms with Crippen LogP contribution >= 0.6 is 0 Å². The topological polar surface area (TPSA) is 102 Å². The summed E-state index contributed by atoms with van der Waals surface area (Å²) in [5, 5.41) is 11.5. The van der Waals surface area contributed by atoms with Crippen molar-refractivity contribution in [2.75, 3.05) is 0 Å². The van der Waals surface area contributed by atoms with Gasteiger partial charge in [0.1, 0.15) is 5.82 Å². The molecule has 0 fully saturated rings. The standard InChI is InChI=1S/C15H12N4O3/c1-2-13-17-12-6-5-9(19(21)22)8-11(12)14(18-13)10-4-3-7-16-15(10)20/h3-8H,2H2,1H3,(H,16,20). The average molecular weight is 296 g/mol. The highest BCUT2D eigenvalue weighted by molar-refractivity contribution is 5.93. The Labute approximate surface area is 124 Å². The van der Waals surface area contributed by atoms with Gasteiger partial charge in [-0.1, -0.05) is 6.92 Å². The van der Waals surface area contributed by atoms with Crippen molar-refractivity contribution in [1.29, 1.82) is 0 Å². The van der Waals surface area contributed by atoms with Gasteiger partial charge in [0, 0.05) is 30.1 Å². The second-order valence-corrected chi connectivity index (χ2v) is 4.71. The van der Waals surface area contributed by atoms with Gasteiger partial charge in [-0.25, -0.2) is 9.97 Å². The third kappa shape index (κ3) is 2.32. The Morgan fingerprint density at radius 3 is 2.77 bits per heavy atom. The predicted octanol–water partition coefficient (Wildman–Crippen LogP) is 2.46. The van der Waals surface area contributed by atoms with Gasteiger partial charge >= 0.3 is 0 Å². The van der Waals surface area contributed by atoms with Gasteiger partial charge in [0.05, 0.1) is 21.7 Å². The molecule has 1 N–H and O–H groups in total. The number of nitrogens with zero attached hydrogens (tertiary/aromatic N) is 3. The van der Waals surface area contributed by atoms with Gasteiger partial charge in [0.2, 0.25) is 0 Å². The van der Waals surface area contributed by atoms with Crippen LogP contribution < -0.4 is 5.56 Å². The van der Waals surface area contributed by atoms with Crippen LogP contribution in [0.25, 0.3) is 22.2 Å². The van der Waals surface area contributed by atoms with E-state index in [4.69, 9.17) is 0 Å². The van der Waals surface area contributed by atoms with Gasteiger partial charge in [-0.15, -0.1) is 0 Å². The fraction of sp³-hybridized carbons (Fsp3) is 0.133. The molecular weight excluding hydrogens is 284 g/mol. The maximum atomic E-state index is 12.0. The van der Waals surface area contributed by atoms with Crippen LogP contribution in [0.4, 0.5) is 5.69 Å². The first kappa shape index (κ1) is 13.9. The fourth-order valence-electron chi connectivity index (χ4n) is 2.25. The lowest BCUT2D eigenvalue weighted by Gasteiger charge is -2.07. The molecule has 0 aliphatic carbocycles. The molecule has 110 valence electrons. The van der Waals surface area contributed by atoms with Crippen LogP contribution in [-0.2, 0) is 6.42 Å². The van der Waals surface area contributed by atoms with Crippen molar-refractivity contribution < 1.29 is 4.92 Å². The molecule has 0 aliphatic heterocycles. The Hall–Kier alpha value is -3.09. The number of rotatable bonds is 3. The number of nitrogens with one attached hydrogen (secondary N) is 1. The second-order valence-electron chi connectivity index (χ2n) is 4.71. The predicted molar refractivity (Wildman–Crippen MR) is 81.6 cm³/mol. The molecule has 2 heterocycles. The lowest BCUT2D eigenvalue weighted by atomic mass is 10.1.